The molecule has 2 aromatic heterocycles. The highest BCUT2D eigenvalue weighted by molar-refractivity contribution is 5.96. The Hall–Kier alpha value is -3.48. The molecule has 2 amide bonds. The van der Waals surface area contributed by atoms with Gasteiger partial charge in [-0.1, -0.05) is 35.5 Å². The fourth-order valence-electron chi connectivity index (χ4n) is 2.41. The second kappa shape index (κ2) is 6.96. The molecule has 3 N–H and O–H groups in total. The highest BCUT2D eigenvalue weighted by Gasteiger charge is 2.18. The summed E-state index contributed by atoms with van der Waals surface area (Å²) < 4.78 is 5.33. The lowest BCUT2D eigenvalue weighted by Crippen LogP contribution is -2.33. The minimum Gasteiger partial charge on any atom is -0.368 e. The molecule has 0 radical (unpaired) electrons. The maximum atomic E-state index is 11.9. The molecule has 0 aliphatic carbocycles. The smallest absolute Gasteiger partial charge is 0.253 e. The summed E-state index contributed by atoms with van der Waals surface area (Å²) >= 11 is 0. The number of carbonyl (C=O) groups excluding carboxylic acids is 2. The molecule has 25 heavy (non-hydrogen) atoms. The lowest BCUT2D eigenvalue weighted by Gasteiger charge is -2.05. The fraction of sp³-hybridized carbons (Fsp3) is 0.111. The number of hydrogen-bond acceptors (Lipinski definition) is 5. The standard InChI is InChI=1S/C18H16N4O3/c1-11-16(17(22-25-11)12-5-3-2-4-6-12)14-8-7-13(9-20-14)18(24)21-10-15(19)23/h2-9H,10H2,1H3,(H2,19,23)(H,21,24). The van der Waals surface area contributed by atoms with Gasteiger partial charge >= 0.3 is 0 Å². The number of primary amides is 1. The third-order valence-corrected chi connectivity index (χ3v) is 3.61. The number of hydrogen-bond donors (Lipinski definition) is 2. The number of pyridine rings is 1. The van der Waals surface area contributed by atoms with Crippen LogP contribution in [-0.4, -0.2) is 28.5 Å². The summed E-state index contributed by atoms with van der Waals surface area (Å²) in [4.78, 5) is 27.0. The maximum absolute atomic E-state index is 11.9. The first kappa shape index (κ1) is 16.4. The summed E-state index contributed by atoms with van der Waals surface area (Å²) in [5.74, 6) is -0.383. The molecule has 0 bridgehead atoms. The van der Waals surface area contributed by atoms with Crippen LogP contribution in [-0.2, 0) is 4.79 Å². The van der Waals surface area contributed by atoms with Crippen LogP contribution in [0.1, 0.15) is 16.1 Å². The summed E-state index contributed by atoms with van der Waals surface area (Å²) in [6, 6.07) is 13.0. The highest BCUT2D eigenvalue weighted by atomic mass is 16.5. The summed E-state index contributed by atoms with van der Waals surface area (Å²) in [5, 5.41) is 6.54. The third-order valence-electron chi connectivity index (χ3n) is 3.61. The van der Waals surface area contributed by atoms with Crippen LogP contribution in [0.2, 0.25) is 0 Å². The number of nitrogens with zero attached hydrogens (tertiary/aromatic N) is 2. The molecule has 126 valence electrons. The van der Waals surface area contributed by atoms with Gasteiger partial charge in [0, 0.05) is 11.8 Å². The lowest BCUT2D eigenvalue weighted by atomic mass is 10.0. The van der Waals surface area contributed by atoms with E-state index in [4.69, 9.17) is 10.3 Å². The number of nitrogens with one attached hydrogen (secondary N) is 1. The number of nitrogens with two attached hydrogens (primary N) is 1. The van der Waals surface area contributed by atoms with E-state index in [2.05, 4.69) is 15.5 Å². The predicted octanol–water partition coefficient (Wildman–Crippen LogP) is 1.93. The molecular formula is C18H16N4O3. The normalized spacial score (nSPS) is 10.4. The van der Waals surface area contributed by atoms with E-state index in [1.165, 1.54) is 6.20 Å². The Bertz CT molecular complexity index is 902. The first-order chi connectivity index (χ1) is 12.1. The number of amides is 2. The molecule has 1 aromatic carbocycles. The number of carbonyl (C=O) groups is 2. The van der Waals surface area contributed by atoms with Gasteiger partial charge in [-0.05, 0) is 19.1 Å². The minimum atomic E-state index is -0.606. The van der Waals surface area contributed by atoms with Gasteiger partial charge in [-0.25, -0.2) is 0 Å². The van der Waals surface area contributed by atoms with Gasteiger partial charge < -0.3 is 15.6 Å². The molecule has 0 aliphatic heterocycles. The van der Waals surface area contributed by atoms with Crippen molar-refractivity contribution in [1.82, 2.24) is 15.5 Å². The molecule has 2 heterocycles. The molecule has 0 unspecified atom stereocenters. The van der Waals surface area contributed by atoms with Gasteiger partial charge in [-0.15, -0.1) is 0 Å². The average Bonchev–Trinajstić information content (AvgIpc) is 3.02. The van der Waals surface area contributed by atoms with E-state index >= 15 is 0 Å². The number of aromatic nitrogens is 2. The molecule has 0 saturated carbocycles. The van der Waals surface area contributed by atoms with Gasteiger partial charge in [0.15, 0.2) is 0 Å². The van der Waals surface area contributed by atoms with Gasteiger partial charge in [0.25, 0.3) is 5.91 Å². The summed E-state index contributed by atoms with van der Waals surface area (Å²) in [7, 11) is 0. The summed E-state index contributed by atoms with van der Waals surface area (Å²) in [5.41, 5.74) is 8.37. The zero-order valence-electron chi connectivity index (χ0n) is 13.5. The van der Waals surface area contributed by atoms with Crippen molar-refractivity contribution < 1.29 is 14.1 Å². The van der Waals surface area contributed by atoms with E-state index in [1.807, 2.05) is 37.3 Å². The largest absolute Gasteiger partial charge is 0.368 e. The van der Waals surface area contributed by atoms with E-state index in [0.717, 1.165) is 11.1 Å². The van der Waals surface area contributed by atoms with Gasteiger partial charge in [-0.3, -0.25) is 14.6 Å². The molecule has 7 heteroatoms. The Morgan fingerprint density at radius 2 is 1.92 bits per heavy atom. The van der Waals surface area contributed by atoms with E-state index < -0.39 is 11.8 Å². The van der Waals surface area contributed by atoms with Crippen LogP contribution >= 0.6 is 0 Å². The Morgan fingerprint density at radius 1 is 1.16 bits per heavy atom. The molecule has 0 atom stereocenters. The van der Waals surface area contributed by atoms with Crippen molar-refractivity contribution >= 4 is 11.8 Å². The molecule has 0 spiro atoms. The Morgan fingerprint density at radius 3 is 2.56 bits per heavy atom. The Kier molecular flexibility index (Phi) is 4.56. The predicted molar refractivity (Wildman–Crippen MR) is 91.4 cm³/mol. The van der Waals surface area contributed by atoms with Crippen LogP contribution in [0.25, 0.3) is 22.5 Å². The Labute approximate surface area is 143 Å². The second-order valence-electron chi connectivity index (χ2n) is 5.41. The number of aryl methyl sites for hydroxylation is 1. The first-order valence-corrected chi connectivity index (χ1v) is 7.61. The van der Waals surface area contributed by atoms with Gasteiger partial charge in [0.1, 0.15) is 11.5 Å². The highest BCUT2D eigenvalue weighted by Crippen LogP contribution is 2.32. The molecule has 0 fully saturated rings. The molecular weight excluding hydrogens is 320 g/mol. The van der Waals surface area contributed by atoms with Crippen molar-refractivity contribution in [2.24, 2.45) is 5.73 Å². The fourth-order valence-corrected chi connectivity index (χ4v) is 2.41. The van der Waals surface area contributed by atoms with Crippen LogP contribution in [0.3, 0.4) is 0 Å². The molecule has 7 nitrogen and oxygen atoms in total. The molecule has 3 rings (SSSR count). The van der Waals surface area contributed by atoms with Gasteiger partial charge in [-0.2, -0.15) is 0 Å². The molecule has 0 aliphatic rings. The number of rotatable bonds is 5. The first-order valence-electron chi connectivity index (χ1n) is 7.61. The Balaban J connectivity index is 1.90. The minimum absolute atomic E-state index is 0.219. The van der Waals surface area contributed by atoms with Crippen molar-refractivity contribution in [3.05, 3.63) is 60.0 Å². The third kappa shape index (κ3) is 3.55. The van der Waals surface area contributed by atoms with Gasteiger partial charge in [0.2, 0.25) is 5.91 Å². The molecule has 0 saturated heterocycles. The SMILES string of the molecule is Cc1onc(-c2ccccc2)c1-c1ccc(C(=O)NCC(N)=O)cn1. The van der Waals surface area contributed by atoms with Crippen molar-refractivity contribution in [2.45, 2.75) is 6.92 Å². The second-order valence-corrected chi connectivity index (χ2v) is 5.41. The van der Waals surface area contributed by atoms with E-state index in [1.54, 1.807) is 12.1 Å². The quantitative estimate of drug-likeness (QED) is 0.739. The van der Waals surface area contributed by atoms with E-state index in [-0.39, 0.29) is 6.54 Å². The van der Waals surface area contributed by atoms with Crippen LogP contribution in [0, 0.1) is 6.92 Å². The maximum Gasteiger partial charge on any atom is 0.253 e. The van der Waals surface area contributed by atoms with Crippen LogP contribution in [0.15, 0.2) is 53.2 Å². The van der Waals surface area contributed by atoms with Crippen molar-refractivity contribution in [3.8, 4) is 22.5 Å². The lowest BCUT2D eigenvalue weighted by molar-refractivity contribution is -0.117. The van der Waals surface area contributed by atoms with E-state index in [0.29, 0.717) is 22.7 Å². The summed E-state index contributed by atoms with van der Waals surface area (Å²) in [6.45, 7) is 1.59. The average molecular weight is 336 g/mol. The number of benzene rings is 1. The van der Waals surface area contributed by atoms with Gasteiger partial charge in [0.05, 0.1) is 23.4 Å². The monoisotopic (exact) mass is 336 g/mol. The topological polar surface area (TPSA) is 111 Å². The van der Waals surface area contributed by atoms with Crippen molar-refractivity contribution in [1.29, 1.82) is 0 Å². The molecule has 3 aromatic rings. The zero-order chi connectivity index (χ0) is 17.8. The zero-order valence-corrected chi connectivity index (χ0v) is 13.5. The van der Waals surface area contributed by atoms with Crippen LogP contribution in [0.5, 0.6) is 0 Å². The van der Waals surface area contributed by atoms with E-state index in [9.17, 15) is 9.59 Å². The summed E-state index contributed by atoms with van der Waals surface area (Å²) in [6.07, 6.45) is 1.44. The van der Waals surface area contributed by atoms with Crippen LogP contribution < -0.4 is 11.1 Å². The van der Waals surface area contributed by atoms with Crippen molar-refractivity contribution in [2.75, 3.05) is 6.54 Å². The van der Waals surface area contributed by atoms with Crippen LogP contribution in [0.4, 0.5) is 0 Å². The van der Waals surface area contributed by atoms with Crippen molar-refractivity contribution in [3.63, 3.8) is 0 Å².